The summed E-state index contributed by atoms with van der Waals surface area (Å²) < 4.78 is 1.18. The Hall–Kier alpha value is 0.400. The molecule has 0 aliphatic rings. The van der Waals surface area contributed by atoms with Crippen LogP contribution < -0.4 is 0 Å². The van der Waals surface area contributed by atoms with Gasteiger partial charge in [-0.05, 0) is 48.0 Å². The van der Waals surface area contributed by atoms with Crippen molar-refractivity contribution >= 4 is 49.3 Å². The van der Waals surface area contributed by atoms with Crippen LogP contribution in [0.2, 0.25) is 0 Å². The Kier molecular flexibility index (Phi) is 4.00. The van der Waals surface area contributed by atoms with Crippen molar-refractivity contribution in [2.75, 3.05) is 0 Å². The van der Waals surface area contributed by atoms with Crippen LogP contribution in [0, 0.1) is 0 Å². The lowest BCUT2D eigenvalue weighted by molar-refractivity contribution is 1.16. The summed E-state index contributed by atoms with van der Waals surface area (Å²) in [6, 6.07) is 4.19. The molecule has 0 amide bonds. The van der Waals surface area contributed by atoms with E-state index in [4.69, 9.17) is 0 Å². The summed E-state index contributed by atoms with van der Waals surface area (Å²) in [5.74, 6) is 0. The molecule has 1 unspecified atom stereocenters. The molecule has 66 valence electrons. The van der Waals surface area contributed by atoms with Gasteiger partial charge in [0, 0.05) is 9.70 Å². The Morgan fingerprint density at radius 3 is 2.67 bits per heavy atom. The van der Waals surface area contributed by atoms with Crippen molar-refractivity contribution in [3.8, 4) is 0 Å². The number of rotatable bonds is 2. The average Bonchev–Trinajstić information content (AvgIpc) is 2.35. The highest BCUT2D eigenvalue weighted by Crippen LogP contribution is 2.25. The monoisotopic (exact) mass is 308 g/mol. The topological polar surface area (TPSA) is 0 Å². The maximum atomic E-state index is 3.53. The predicted octanol–water partition coefficient (Wildman–Crippen LogP) is 4.70. The van der Waals surface area contributed by atoms with Gasteiger partial charge < -0.3 is 0 Å². The number of alkyl halides is 1. The molecule has 0 aliphatic carbocycles. The van der Waals surface area contributed by atoms with Crippen molar-refractivity contribution in [3.05, 3.63) is 26.4 Å². The van der Waals surface area contributed by atoms with Crippen LogP contribution in [0.5, 0.6) is 0 Å². The standard InChI is InChI=1S/C9H10Br2S/c1-6(7(2)10)5-8-3-4-9(11)12-8/h3-5,7H,1-2H3/b6-5+. The van der Waals surface area contributed by atoms with E-state index in [9.17, 15) is 0 Å². The van der Waals surface area contributed by atoms with Gasteiger partial charge >= 0.3 is 0 Å². The van der Waals surface area contributed by atoms with E-state index in [0.29, 0.717) is 4.83 Å². The number of halogens is 2. The van der Waals surface area contributed by atoms with Crippen LogP contribution >= 0.6 is 43.2 Å². The zero-order chi connectivity index (χ0) is 9.14. The molecule has 0 aliphatic heterocycles. The van der Waals surface area contributed by atoms with Gasteiger partial charge in [-0.25, -0.2) is 0 Å². The van der Waals surface area contributed by atoms with Crippen LogP contribution in [0.15, 0.2) is 21.5 Å². The van der Waals surface area contributed by atoms with E-state index in [1.807, 2.05) is 0 Å². The van der Waals surface area contributed by atoms with E-state index in [0.717, 1.165) is 0 Å². The summed E-state index contributed by atoms with van der Waals surface area (Å²) in [6.07, 6.45) is 2.20. The fourth-order valence-corrected chi connectivity index (χ4v) is 2.31. The molecule has 0 bridgehead atoms. The van der Waals surface area contributed by atoms with E-state index in [1.165, 1.54) is 14.2 Å². The molecule has 1 aromatic heterocycles. The Balaban J connectivity index is 2.80. The molecule has 0 saturated carbocycles. The molecule has 1 rings (SSSR count). The second kappa shape index (κ2) is 4.58. The molecule has 12 heavy (non-hydrogen) atoms. The van der Waals surface area contributed by atoms with Crippen LogP contribution in [-0.4, -0.2) is 4.83 Å². The highest BCUT2D eigenvalue weighted by molar-refractivity contribution is 9.11. The van der Waals surface area contributed by atoms with Crippen LogP contribution in [0.3, 0.4) is 0 Å². The van der Waals surface area contributed by atoms with Gasteiger partial charge in [0.25, 0.3) is 0 Å². The summed E-state index contributed by atoms with van der Waals surface area (Å²) in [7, 11) is 0. The SMILES string of the molecule is C/C(=C\c1ccc(Br)s1)C(C)Br. The first-order valence-corrected chi connectivity index (χ1v) is 6.19. The summed E-state index contributed by atoms with van der Waals surface area (Å²) in [5, 5.41) is 0. The second-order valence-electron chi connectivity index (χ2n) is 2.65. The van der Waals surface area contributed by atoms with E-state index in [-0.39, 0.29) is 0 Å². The van der Waals surface area contributed by atoms with E-state index in [2.05, 4.69) is 63.9 Å². The molecule has 0 aromatic carbocycles. The minimum atomic E-state index is 0.457. The lowest BCUT2D eigenvalue weighted by Crippen LogP contribution is -1.89. The molecule has 0 fully saturated rings. The van der Waals surface area contributed by atoms with Crippen LogP contribution in [0.4, 0.5) is 0 Å². The number of allylic oxidation sites excluding steroid dienone is 1. The van der Waals surface area contributed by atoms with Gasteiger partial charge in [-0.3, -0.25) is 0 Å². The molecular formula is C9H10Br2S. The van der Waals surface area contributed by atoms with Gasteiger partial charge in [0.15, 0.2) is 0 Å². The number of thiophene rings is 1. The van der Waals surface area contributed by atoms with Gasteiger partial charge in [0.1, 0.15) is 0 Å². The first kappa shape index (κ1) is 10.5. The van der Waals surface area contributed by atoms with Crippen molar-refractivity contribution in [2.45, 2.75) is 18.7 Å². The van der Waals surface area contributed by atoms with E-state index >= 15 is 0 Å². The van der Waals surface area contributed by atoms with Gasteiger partial charge in [-0.15, -0.1) is 11.3 Å². The van der Waals surface area contributed by atoms with Crippen molar-refractivity contribution in [2.24, 2.45) is 0 Å². The Morgan fingerprint density at radius 2 is 2.25 bits per heavy atom. The van der Waals surface area contributed by atoms with E-state index < -0.39 is 0 Å². The third-order valence-corrected chi connectivity index (χ3v) is 3.88. The van der Waals surface area contributed by atoms with Gasteiger partial charge in [0.2, 0.25) is 0 Å². The van der Waals surface area contributed by atoms with Crippen molar-refractivity contribution in [3.63, 3.8) is 0 Å². The Bertz CT molecular complexity index is 286. The predicted molar refractivity (Wildman–Crippen MR) is 64.1 cm³/mol. The number of hydrogen-bond acceptors (Lipinski definition) is 1. The quantitative estimate of drug-likeness (QED) is 0.695. The van der Waals surface area contributed by atoms with E-state index in [1.54, 1.807) is 11.3 Å². The van der Waals surface area contributed by atoms with Crippen molar-refractivity contribution in [1.82, 2.24) is 0 Å². The van der Waals surface area contributed by atoms with Crippen LogP contribution in [0.1, 0.15) is 18.7 Å². The molecule has 0 saturated heterocycles. The summed E-state index contributed by atoms with van der Waals surface area (Å²) in [4.78, 5) is 1.75. The lowest BCUT2D eigenvalue weighted by atomic mass is 10.2. The Morgan fingerprint density at radius 1 is 1.58 bits per heavy atom. The molecule has 0 N–H and O–H groups in total. The second-order valence-corrected chi connectivity index (χ2v) is 6.51. The van der Waals surface area contributed by atoms with Crippen molar-refractivity contribution in [1.29, 1.82) is 0 Å². The largest absolute Gasteiger partial charge is 0.129 e. The third kappa shape index (κ3) is 3.04. The average molecular weight is 310 g/mol. The maximum Gasteiger partial charge on any atom is 0.0704 e. The van der Waals surface area contributed by atoms with Crippen LogP contribution in [-0.2, 0) is 0 Å². The number of hydrogen-bond donors (Lipinski definition) is 0. The first-order valence-electron chi connectivity index (χ1n) is 3.67. The van der Waals surface area contributed by atoms with Crippen molar-refractivity contribution < 1.29 is 0 Å². The molecule has 1 aromatic rings. The zero-order valence-corrected chi connectivity index (χ0v) is 11.0. The summed E-state index contributed by atoms with van der Waals surface area (Å²) in [5.41, 5.74) is 1.35. The summed E-state index contributed by atoms with van der Waals surface area (Å²) >= 11 is 8.72. The highest BCUT2D eigenvalue weighted by atomic mass is 79.9. The highest BCUT2D eigenvalue weighted by Gasteiger charge is 1.99. The lowest BCUT2D eigenvalue weighted by Gasteiger charge is -2.00. The molecule has 0 radical (unpaired) electrons. The fourth-order valence-electron chi connectivity index (χ4n) is 0.745. The molecule has 1 atom stereocenters. The fraction of sp³-hybridized carbons (Fsp3) is 0.333. The Labute approximate surface area is 93.9 Å². The zero-order valence-electron chi connectivity index (χ0n) is 6.97. The maximum absolute atomic E-state index is 3.53. The third-order valence-electron chi connectivity index (χ3n) is 1.59. The smallest absolute Gasteiger partial charge is 0.0704 e. The molecule has 0 spiro atoms. The molecule has 1 heterocycles. The molecule has 3 heteroatoms. The van der Waals surface area contributed by atoms with Crippen LogP contribution in [0.25, 0.3) is 6.08 Å². The van der Waals surface area contributed by atoms with Gasteiger partial charge in [0.05, 0.1) is 3.79 Å². The molecular weight excluding hydrogens is 300 g/mol. The summed E-state index contributed by atoms with van der Waals surface area (Å²) in [6.45, 7) is 4.27. The van der Waals surface area contributed by atoms with Gasteiger partial charge in [-0.1, -0.05) is 21.5 Å². The minimum Gasteiger partial charge on any atom is -0.129 e. The van der Waals surface area contributed by atoms with Gasteiger partial charge in [-0.2, -0.15) is 0 Å². The molecule has 0 nitrogen and oxygen atoms in total. The minimum absolute atomic E-state index is 0.457. The first-order chi connectivity index (χ1) is 5.59. The normalized spacial score (nSPS) is 14.8.